The molecular weight excluding hydrogens is 308 g/mol. The van der Waals surface area contributed by atoms with Gasteiger partial charge >= 0.3 is 11.9 Å². The topological polar surface area (TPSA) is 65.7 Å². The number of aryl methyl sites for hydroxylation is 1. The Balaban J connectivity index is 1.97. The van der Waals surface area contributed by atoms with E-state index in [1.807, 2.05) is 6.07 Å². The summed E-state index contributed by atoms with van der Waals surface area (Å²) in [4.78, 5) is 22.9. The van der Waals surface area contributed by atoms with Crippen molar-refractivity contribution in [2.75, 3.05) is 6.61 Å². The van der Waals surface area contributed by atoms with E-state index in [2.05, 4.69) is 13.8 Å². The fourth-order valence-corrected chi connectivity index (χ4v) is 5.11. The van der Waals surface area contributed by atoms with Gasteiger partial charge in [-0.25, -0.2) is 0 Å². The summed E-state index contributed by atoms with van der Waals surface area (Å²) in [5.41, 5.74) is 0.778. The van der Waals surface area contributed by atoms with Crippen molar-refractivity contribution >= 4 is 11.9 Å². The van der Waals surface area contributed by atoms with Gasteiger partial charge in [0.2, 0.25) is 0 Å². The van der Waals surface area contributed by atoms with Crippen LogP contribution in [-0.4, -0.2) is 24.6 Å². The molecule has 1 fully saturated rings. The molecule has 1 heterocycles. The predicted molar refractivity (Wildman–Crippen MR) is 87.4 cm³/mol. The van der Waals surface area contributed by atoms with Gasteiger partial charge in [0.15, 0.2) is 0 Å². The summed E-state index contributed by atoms with van der Waals surface area (Å²) in [6, 6.07) is 2.04. The van der Waals surface area contributed by atoms with E-state index in [-0.39, 0.29) is 28.9 Å². The molecule has 0 spiro atoms. The Labute approximate surface area is 142 Å². The molecule has 1 aromatic rings. The predicted octanol–water partition coefficient (Wildman–Crippen LogP) is 3.39. The maximum atomic E-state index is 11.5. The van der Waals surface area contributed by atoms with Gasteiger partial charge in [0.05, 0.1) is 12.9 Å². The van der Waals surface area contributed by atoms with E-state index < -0.39 is 0 Å². The molecule has 0 N–H and O–H groups in total. The highest BCUT2D eigenvalue weighted by Gasteiger charge is 2.57. The molecule has 0 saturated heterocycles. The molecule has 132 valence electrons. The second kappa shape index (κ2) is 5.94. The molecule has 5 heteroatoms. The van der Waals surface area contributed by atoms with Crippen LogP contribution < -0.4 is 0 Å². The first-order valence-electron chi connectivity index (χ1n) is 8.62. The molecule has 2 aliphatic rings. The molecule has 1 saturated carbocycles. The lowest BCUT2D eigenvalue weighted by atomic mass is 9.51. The second-order valence-electron chi connectivity index (χ2n) is 7.86. The Morgan fingerprint density at radius 3 is 2.67 bits per heavy atom. The third-order valence-electron chi connectivity index (χ3n) is 5.86. The number of ether oxygens (including phenoxy) is 2. The van der Waals surface area contributed by atoms with Crippen LogP contribution in [0.3, 0.4) is 0 Å². The molecule has 0 radical (unpaired) electrons. The van der Waals surface area contributed by atoms with E-state index in [4.69, 9.17) is 13.9 Å². The van der Waals surface area contributed by atoms with E-state index in [9.17, 15) is 9.59 Å². The number of furan rings is 1. The van der Waals surface area contributed by atoms with Crippen molar-refractivity contribution in [3.63, 3.8) is 0 Å². The molecular formula is C19H26O5. The molecule has 0 bridgehead atoms. The number of carbonyl (C=O) groups excluding carboxylic acids is 2. The quantitative estimate of drug-likeness (QED) is 0.793. The van der Waals surface area contributed by atoms with Crippen LogP contribution in [0.1, 0.15) is 58.3 Å². The molecule has 0 aromatic carbocycles. The lowest BCUT2D eigenvalue weighted by Crippen LogP contribution is -2.55. The minimum atomic E-state index is -0.276. The van der Waals surface area contributed by atoms with Crippen LogP contribution >= 0.6 is 0 Å². The summed E-state index contributed by atoms with van der Waals surface area (Å²) in [6.07, 6.45) is 4.99. The van der Waals surface area contributed by atoms with Crippen molar-refractivity contribution in [1.82, 2.24) is 0 Å². The highest BCUT2D eigenvalue weighted by Crippen LogP contribution is 2.58. The first-order valence-corrected chi connectivity index (χ1v) is 8.62. The van der Waals surface area contributed by atoms with Crippen LogP contribution in [0.2, 0.25) is 0 Å². The first kappa shape index (κ1) is 17.1. The van der Waals surface area contributed by atoms with E-state index in [1.165, 1.54) is 19.4 Å². The van der Waals surface area contributed by atoms with Crippen LogP contribution in [0.25, 0.3) is 0 Å². The zero-order chi connectivity index (χ0) is 17.5. The van der Waals surface area contributed by atoms with Crippen LogP contribution in [-0.2, 0) is 30.9 Å². The van der Waals surface area contributed by atoms with Crippen molar-refractivity contribution < 1.29 is 23.5 Å². The molecule has 3 rings (SSSR count). The van der Waals surface area contributed by atoms with Crippen LogP contribution in [0, 0.1) is 11.3 Å². The van der Waals surface area contributed by atoms with Gasteiger partial charge in [-0.05, 0) is 43.2 Å². The van der Waals surface area contributed by atoms with Gasteiger partial charge in [0.1, 0.15) is 11.9 Å². The Hall–Kier alpha value is -1.78. The zero-order valence-electron chi connectivity index (χ0n) is 14.9. The number of hydrogen-bond acceptors (Lipinski definition) is 5. The standard InChI is InChI=1S/C19H26O5/c1-12(20)23-11-18(3)9-15(24-13(2)21)10-19(4)16(18)6-5-14-7-8-22-17(14)19/h7-8,15-16H,5-6,9-11H2,1-4H3. The molecule has 24 heavy (non-hydrogen) atoms. The van der Waals surface area contributed by atoms with Gasteiger partial charge < -0.3 is 13.9 Å². The fraction of sp³-hybridized carbons (Fsp3) is 0.684. The highest BCUT2D eigenvalue weighted by atomic mass is 16.5. The van der Waals surface area contributed by atoms with Gasteiger partial charge in [-0.3, -0.25) is 9.59 Å². The normalized spacial score (nSPS) is 34.8. The summed E-state index contributed by atoms with van der Waals surface area (Å²) in [5, 5.41) is 0. The maximum absolute atomic E-state index is 11.5. The number of fused-ring (bicyclic) bond motifs is 3. The average Bonchev–Trinajstić information content (AvgIpc) is 2.94. The SMILES string of the molecule is CC(=O)OCC1(C)CC(OC(C)=O)CC2(C)c3occc3CCC12. The molecule has 4 atom stereocenters. The van der Waals surface area contributed by atoms with Crippen molar-refractivity contribution in [2.24, 2.45) is 11.3 Å². The van der Waals surface area contributed by atoms with Gasteiger partial charge in [-0.2, -0.15) is 0 Å². The molecule has 2 aliphatic carbocycles. The lowest BCUT2D eigenvalue weighted by Gasteiger charge is -2.55. The number of rotatable bonds is 3. The fourth-order valence-electron chi connectivity index (χ4n) is 5.11. The van der Waals surface area contributed by atoms with E-state index in [0.717, 1.165) is 25.0 Å². The van der Waals surface area contributed by atoms with Crippen molar-refractivity contribution in [3.8, 4) is 0 Å². The van der Waals surface area contributed by atoms with Crippen LogP contribution in [0.5, 0.6) is 0 Å². The first-order chi connectivity index (χ1) is 11.2. The maximum Gasteiger partial charge on any atom is 0.302 e. The largest absolute Gasteiger partial charge is 0.468 e. The Bertz CT molecular complexity index is 648. The average molecular weight is 334 g/mol. The zero-order valence-corrected chi connectivity index (χ0v) is 14.9. The van der Waals surface area contributed by atoms with Crippen LogP contribution in [0.15, 0.2) is 16.7 Å². The summed E-state index contributed by atoms with van der Waals surface area (Å²) in [6.45, 7) is 7.55. The van der Waals surface area contributed by atoms with E-state index in [0.29, 0.717) is 18.9 Å². The molecule has 1 aromatic heterocycles. The summed E-state index contributed by atoms with van der Waals surface area (Å²) in [5.74, 6) is 0.772. The van der Waals surface area contributed by atoms with Gasteiger partial charge in [-0.15, -0.1) is 0 Å². The van der Waals surface area contributed by atoms with Gasteiger partial charge in [0.25, 0.3) is 0 Å². The van der Waals surface area contributed by atoms with Crippen LogP contribution in [0.4, 0.5) is 0 Å². The summed E-state index contributed by atoms with van der Waals surface area (Å²) < 4.78 is 16.8. The van der Waals surface area contributed by atoms with Crippen molar-refractivity contribution in [2.45, 2.75) is 64.9 Å². The Morgan fingerprint density at radius 2 is 2.00 bits per heavy atom. The molecule has 0 aliphatic heterocycles. The van der Waals surface area contributed by atoms with E-state index in [1.54, 1.807) is 6.26 Å². The lowest BCUT2D eigenvalue weighted by molar-refractivity contribution is -0.164. The highest BCUT2D eigenvalue weighted by molar-refractivity contribution is 5.66. The number of hydrogen-bond donors (Lipinski definition) is 0. The Morgan fingerprint density at radius 1 is 1.25 bits per heavy atom. The molecule has 0 amide bonds. The second-order valence-corrected chi connectivity index (χ2v) is 7.86. The van der Waals surface area contributed by atoms with Crippen molar-refractivity contribution in [3.05, 3.63) is 23.7 Å². The minimum absolute atomic E-state index is 0.194. The molecule has 4 unspecified atom stereocenters. The van der Waals surface area contributed by atoms with E-state index >= 15 is 0 Å². The summed E-state index contributed by atoms with van der Waals surface area (Å²) in [7, 11) is 0. The summed E-state index contributed by atoms with van der Waals surface area (Å²) >= 11 is 0. The molecule has 5 nitrogen and oxygen atoms in total. The monoisotopic (exact) mass is 334 g/mol. The Kier molecular flexibility index (Phi) is 4.22. The van der Waals surface area contributed by atoms with Gasteiger partial charge in [-0.1, -0.05) is 13.8 Å². The minimum Gasteiger partial charge on any atom is -0.468 e. The number of carbonyl (C=O) groups is 2. The van der Waals surface area contributed by atoms with Crippen molar-refractivity contribution in [1.29, 1.82) is 0 Å². The third kappa shape index (κ3) is 2.85. The smallest absolute Gasteiger partial charge is 0.302 e. The third-order valence-corrected chi connectivity index (χ3v) is 5.86. The van der Waals surface area contributed by atoms with Gasteiger partial charge in [0, 0.05) is 24.7 Å². The number of esters is 2.